The number of rotatable bonds is 5. The molecule has 2 aromatic rings. The molecule has 1 aliphatic heterocycles. The van der Waals surface area contributed by atoms with Gasteiger partial charge in [-0.15, -0.1) is 0 Å². The van der Waals surface area contributed by atoms with Crippen LogP contribution in [0.15, 0.2) is 42.5 Å². The summed E-state index contributed by atoms with van der Waals surface area (Å²) >= 11 is 0. The molecule has 3 rings (SSSR count). The van der Waals surface area contributed by atoms with Gasteiger partial charge in [-0.1, -0.05) is 18.2 Å². The van der Waals surface area contributed by atoms with Gasteiger partial charge in [0.2, 0.25) is 5.91 Å². The van der Waals surface area contributed by atoms with E-state index < -0.39 is 0 Å². The van der Waals surface area contributed by atoms with E-state index in [1.54, 1.807) is 0 Å². The molecule has 0 unspecified atom stereocenters. The smallest absolute Gasteiger partial charge is 0.224 e. The molecule has 122 valence electrons. The molecule has 1 aliphatic rings. The monoisotopic (exact) mass is 322 g/mol. The van der Waals surface area contributed by atoms with E-state index in [0.717, 1.165) is 28.3 Å². The van der Waals surface area contributed by atoms with E-state index >= 15 is 0 Å². The Labute approximate surface area is 140 Å². The van der Waals surface area contributed by atoms with Gasteiger partial charge in [0.1, 0.15) is 13.2 Å². The number of hydrogen-bond acceptors (Lipinski definition) is 4. The lowest BCUT2D eigenvalue weighted by molar-refractivity contribution is -0.116. The van der Waals surface area contributed by atoms with Gasteiger partial charge in [-0.2, -0.15) is 5.26 Å². The minimum absolute atomic E-state index is 0.0436. The topological polar surface area (TPSA) is 71.4 Å². The number of benzene rings is 2. The van der Waals surface area contributed by atoms with Crippen LogP contribution in [-0.2, 0) is 17.6 Å². The number of ether oxygens (including phenoxy) is 2. The molecule has 1 amide bonds. The molecule has 0 atom stereocenters. The van der Waals surface area contributed by atoms with Gasteiger partial charge in [-0.3, -0.25) is 4.79 Å². The van der Waals surface area contributed by atoms with E-state index in [0.29, 0.717) is 32.5 Å². The highest BCUT2D eigenvalue weighted by Crippen LogP contribution is 2.31. The molecule has 0 aromatic heterocycles. The summed E-state index contributed by atoms with van der Waals surface area (Å²) in [6.45, 7) is 1.13. The van der Waals surface area contributed by atoms with E-state index in [1.165, 1.54) is 0 Å². The zero-order chi connectivity index (χ0) is 16.8. The lowest BCUT2D eigenvalue weighted by atomic mass is 10.1. The third-order valence-electron chi connectivity index (χ3n) is 3.77. The summed E-state index contributed by atoms with van der Waals surface area (Å²) in [6, 6.07) is 15.2. The lowest BCUT2D eigenvalue weighted by Crippen LogP contribution is -2.15. The lowest BCUT2D eigenvalue weighted by Gasteiger charge is -2.18. The van der Waals surface area contributed by atoms with Crippen molar-refractivity contribution in [1.82, 2.24) is 0 Å². The number of nitrogens with one attached hydrogen (secondary N) is 1. The van der Waals surface area contributed by atoms with Crippen LogP contribution in [0, 0.1) is 11.3 Å². The van der Waals surface area contributed by atoms with Crippen LogP contribution in [-0.4, -0.2) is 19.1 Å². The maximum absolute atomic E-state index is 12.1. The number of nitrogens with zero attached hydrogens (tertiary/aromatic N) is 1. The first-order valence-corrected chi connectivity index (χ1v) is 7.89. The van der Waals surface area contributed by atoms with Crippen molar-refractivity contribution in [1.29, 1.82) is 5.26 Å². The van der Waals surface area contributed by atoms with Crippen LogP contribution in [0.2, 0.25) is 0 Å². The first kappa shape index (κ1) is 15.9. The minimum atomic E-state index is -0.0436. The largest absolute Gasteiger partial charge is 0.486 e. The van der Waals surface area contributed by atoms with Crippen LogP contribution in [0.1, 0.15) is 17.5 Å². The van der Waals surface area contributed by atoms with Crippen molar-refractivity contribution in [3.05, 3.63) is 53.6 Å². The Morgan fingerprint density at radius 3 is 2.50 bits per heavy atom. The summed E-state index contributed by atoms with van der Waals surface area (Å²) in [7, 11) is 0. The van der Waals surface area contributed by atoms with Crippen LogP contribution in [0.25, 0.3) is 0 Å². The van der Waals surface area contributed by atoms with Crippen molar-refractivity contribution in [2.24, 2.45) is 0 Å². The van der Waals surface area contributed by atoms with Crippen molar-refractivity contribution >= 4 is 11.6 Å². The average molecular weight is 322 g/mol. The second-order valence-electron chi connectivity index (χ2n) is 5.56. The molecule has 0 radical (unpaired) electrons. The van der Waals surface area contributed by atoms with Gasteiger partial charge < -0.3 is 14.8 Å². The molecule has 5 nitrogen and oxygen atoms in total. The molecule has 0 aliphatic carbocycles. The Morgan fingerprint density at radius 1 is 1.04 bits per heavy atom. The van der Waals surface area contributed by atoms with Crippen LogP contribution < -0.4 is 14.8 Å². The van der Waals surface area contributed by atoms with Gasteiger partial charge >= 0.3 is 0 Å². The van der Waals surface area contributed by atoms with Crippen LogP contribution in [0.3, 0.4) is 0 Å². The fraction of sp³-hybridized carbons (Fsp3) is 0.263. The van der Waals surface area contributed by atoms with Crippen molar-refractivity contribution < 1.29 is 14.3 Å². The number of hydrogen-bond donors (Lipinski definition) is 1. The van der Waals surface area contributed by atoms with E-state index in [1.807, 2.05) is 42.5 Å². The number of amides is 1. The zero-order valence-corrected chi connectivity index (χ0v) is 13.2. The molecule has 0 fully saturated rings. The molecule has 1 heterocycles. The van der Waals surface area contributed by atoms with Gasteiger partial charge in [0.25, 0.3) is 0 Å². The van der Waals surface area contributed by atoms with E-state index in [4.69, 9.17) is 14.7 Å². The molecule has 0 spiro atoms. The van der Waals surface area contributed by atoms with E-state index in [-0.39, 0.29) is 5.91 Å². The Kier molecular flexibility index (Phi) is 4.97. The van der Waals surface area contributed by atoms with Crippen molar-refractivity contribution in [2.45, 2.75) is 19.3 Å². The van der Waals surface area contributed by atoms with Crippen molar-refractivity contribution in [2.75, 3.05) is 18.5 Å². The number of carbonyl (C=O) groups is 1. The molecular formula is C19H18N2O3. The van der Waals surface area contributed by atoms with Gasteiger partial charge in [0, 0.05) is 12.1 Å². The average Bonchev–Trinajstić information content (AvgIpc) is 2.62. The summed E-state index contributed by atoms with van der Waals surface area (Å²) in [4.78, 5) is 12.1. The molecule has 2 aromatic carbocycles. The first-order valence-electron chi connectivity index (χ1n) is 7.89. The van der Waals surface area contributed by atoms with Gasteiger partial charge in [-0.05, 0) is 41.8 Å². The molecule has 5 heteroatoms. The third-order valence-corrected chi connectivity index (χ3v) is 3.77. The number of anilines is 1. The van der Waals surface area contributed by atoms with Gasteiger partial charge in [0.15, 0.2) is 11.5 Å². The molecule has 24 heavy (non-hydrogen) atoms. The number of fused-ring (bicyclic) bond motifs is 1. The SMILES string of the molecule is N#CCc1ccc(NC(=O)CCc2ccc3c(c2)OCCO3)cc1. The van der Waals surface area contributed by atoms with Crippen LogP contribution in [0.5, 0.6) is 11.5 Å². The number of nitriles is 1. The maximum atomic E-state index is 12.1. The Bertz CT molecular complexity index is 763. The summed E-state index contributed by atoms with van der Waals surface area (Å²) in [5, 5.41) is 11.5. The highest BCUT2D eigenvalue weighted by Gasteiger charge is 2.12. The number of carbonyl (C=O) groups excluding carboxylic acids is 1. The predicted octanol–water partition coefficient (Wildman–Crippen LogP) is 3.10. The Hall–Kier alpha value is -3.00. The third kappa shape index (κ3) is 4.05. The standard InChI is InChI=1S/C19H18N2O3/c20-10-9-14-1-5-16(6-2-14)21-19(22)8-4-15-3-7-17-18(13-15)24-12-11-23-17/h1-3,5-7,13H,4,8-9,11-12H2,(H,21,22). The molecule has 0 bridgehead atoms. The van der Waals surface area contributed by atoms with Crippen molar-refractivity contribution in [3.63, 3.8) is 0 Å². The second-order valence-corrected chi connectivity index (χ2v) is 5.56. The van der Waals surface area contributed by atoms with Crippen molar-refractivity contribution in [3.8, 4) is 17.6 Å². The maximum Gasteiger partial charge on any atom is 0.224 e. The summed E-state index contributed by atoms with van der Waals surface area (Å²) in [5.41, 5.74) is 2.72. The second kappa shape index (κ2) is 7.51. The predicted molar refractivity (Wildman–Crippen MR) is 90.1 cm³/mol. The van der Waals surface area contributed by atoms with Crippen LogP contribution >= 0.6 is 0 Å². The zero-order valence-electron chi connectivity index (χ0n) is 13.2. The summed E-state index contributed by atoms with van der Waals surface area (Å²) < 4.78 is 11.0. The fourth-order valence-corrected chi connectivity index (χ4v) is 2.52. The molecule has 1 N–H and O–H groups in total. The Morgan fingerprint density at radius 2 is 1.75 bits per heavy atom. The van der Waals surface area contributed by atoms with E-state index in [2.05, 4.69) is 11.4 Å². The Balaban J connectivity index is 1.53. The summed E-state index contributed by atoms with van der Waals surface area (Å²) in [5.74, 6) is 1.46. The normalized spacial score (nSPS) is 12.3. The minimum Gasteiger partial charge on any atom is -0.486 e. The fourth-order valence-electron chi connectivity index (χ4n) is 2.52. The number of aryl methyl sites for hydroxylation is 1. The quantitative estimate of drug-likeness (QED) is 0.918. The highest BCUT2D eigenvalue weighted by atomic mass is 16.6. The van der Waals surface area contributed by atoms with Crippen LogP contribution in [0.4, 0.5) is 5.69 Å². The van der Waals surface area contributed by atoms with E-state index in [9.17, 15) is 4.79 Å². The summed E-state index contributed by atoms with van der Waals surface area (Å²) in [6.07, 6.45) is 1.40. The highest BCUT2D eigenvalue weighted by molar-refractivity contribution is 5.90. The first-order chi connectivity index (χ1) is 11.7. The molecule has 0 saturated carbocycles. The molecular weight excluding hydrogens is 304 g/mol. The van der Waals surface area contributed by atoms with Gasteiger partial charge in [-0.25, -0.2) is 0 Å². The van der Waals surface area contributed by atoms with Gasteiger partial charge in [0.05, 0.1) is 12.5 Å². The molecule has 0 saturated heterocycles.